The fraction of sp³-hybridized carbons (Fsp3) is 0.391. The van der Waals surface area contributed by atoms with Crippen LogP contribution in [0.25, 0.3) is 21.5 Å². The van der Waals surface area contributed by atoms with Gasteiger partial charge in [-0.05, 0) is 105 Å². The number of likely N-dealkylation sites (tertiary alicyclic amines) is 1. The number of ether oxygens (including phenoxy) is 1. The van der Waals surface area contributed by atoms with Crippen LogP contribution in [0.3, 0.4) is 0 Å². The van der Waals surface area contributed by atoms with Crippen molar-refractivity contribution in [3.63, 3.8) is 0 Å². The number of imide groups is 1. The third kappa shape index (κ3) is 9.83. The smallest absolute Gasteiger partial charge is 0.477 e. The highest BCUT2D eigenvalue weighted by Crippen LogP contribution is 2.43. The van der Waals surface area contributed by atoms with Crippen molar-refractivity contribution in [2.45, 2.75) is 88.3 Å². The largest absolute Gasteiger partial charge is 0.506 e. The number of piperidine rings is 3. The van der Waals surface area contributed by atoms with Gasteiger partial charge in [0.25, 0.3) is 0 Å². The van der Waals surface area contributed by atoms with Gasteiger partial charge >= 0.3 is 23.8 Å². The zero-order valence-corrected chi connectivity index (χ0v) is 39.6. The van der Waals surface area contributed by atoms with Crippen LogP contribution in [-0.2, 0) is 43.8 Å². The number of aromatic nitrogens is 2. The molecule has 5 aromatic rings. The number of thiophene rings is 1. The Morgan fingerprint density at radius 3 is 2.41 bits per heavy atom. The van der Waals surface area contributed by atoms with Gasteiger partial charge in [-0.15, -0.1) is 11.3 Å². The Bertz CT molecular complexity index is 3030. The Morgan fingerprint density at radius 1 is 0.971 bits per heavy atom. The number of hydrogen-bond donors (Lipinski definition) is 5. The molecule has 68 heavy (non-hydrogen) atoms. The molecule has 0 aliphatic carbocycles. The van der Waals surface area contributed by atoms with Gasteiger partial charge in [-0.3, -0.25) is 24.0 Å². The van der Waals surface area contributed by atoms with Gasteiger partial charge < -0.3 is 30.5 Å². The summed E-state index contributed by atoms with van der Waals surface area (Å²) in [7, 11) is -2.24. The second kappa shape index (κ2) is 19.0. The average molecular weight is 995 g/mol. The first-order valence-electron chi connectivity index (χ1n) is 21.9. The lowest BCUT2D eigenvalue weighted by Crippen LogP contribution is -2.55. The summed E-state index contributed by atoms with van der Waals surface area (Å²) in [5.41, 5.74) is 2.43. The SMILES string of the molecule is Cn1c(=O)n(C2CCC(=O)NC2=O)c2ccc(C3CCN(C(=O)Nc4cccc(CS(=O)(=O)N5CC[C@H](Nc6cc(-c7sc(C(=O)O)c(COC(=O)O)c7Cl)ccc6F)CC5(C)C)c4)CC3)cc21. The van der Waals surface area contributed by atoms with Crippen molar-refractivity contribution in [2.24, 2.45) is 7.05 Å². The maximum atomic E-state index is 15.3. The molecule has 2 atom stereocenters. The maximum Gasteiger partial charge on any atom is 0.506 e. The monoisotopic (exact) mass is 993 g/mol. The molecule has 3 aliphatic rings. The number of carboxylic acids is 1. The van der Waals surface area contributed by atoms with Crippen molar-refractivity contribution in [3.05, 3.63) is 104 Å². The molecule has 18 nitrogen and oxygen atoms in total. The van der Waals surface area contributed by atoms with Crippen molar-refractivity contribution in [1.82, 2.24) is 23.7 Å². The molecule has 5 heterocycles. The van der Waals surface area contributed by atoms with Crippen LogP contribution in [0.15, 0.2) is 65.5 Å². The Balaban J connectivity index is 0.868. The van der Waals surface area contributed by atoms with Gasteiger partial charge in [-0.2, -0.15) is 4.31 Å². The molecule has 2 aromatic heterocycles. The molecule has 1 unspecified atom stereocenters. The minimum Gasteiger partial charge on any atom is -0.477 e. The van der Waals surface area contributed by atoms with Crippen molar-refractivity contribution >= 4 is 85.3 Å². The molecule has 3 aliphatic heterocycles. The molecule has 0 bridgehead atoms. The number of halogens is 2. The van der Waals surface area contributed by atoms with E-state index in [1.54, 1.807) is 50.1 Å². The van der Waals surface area contributed by atoms with E-state index in [9.17, 15) is 42.3 Å². The molecule has 3 saturated heterocycles. The molecule has 8 rings (SSSR count). The first kappa shape index (κ1) is 48.2. The zero-order chi connectivity index (χ0) is 48.8. The van der Waals surface area contributed by atoms with Crippen LogP contribution in [0.2, 0.25) is 5.02 Å². The highest BCUT2D eigenvalue weighted by atomic mass is 35.5. The van der Waals surface area contributed by atoms with Crippen LogP contribution in [0.4, 0.5) is 25.4 Å². The number of carbonyl (C=O) groups excluding carboxylic acids is 3. The summed E-state index contributed by atoms with van der Waals surface area (Å²) in [6.07, 6.45) is 0.770. The molecular formula is C46H49ClFN7O11S2. The Morgan fingerprint density at radius 2 is 1.72 bits per heavy atom. The molecule has 3 aromatic carbocycles. The number of fused-ring (bicyclic) bond motifs is 1. The number of amides is 4. The number of aryl methyl sites for hydroxylation is 1. The number of urea groups is 1. The lowest BCUT2D eigenvalue weighted by atomic mass is 9.89. The normalized spacial score (nSPS) is 19.2. The van der Waals surface area contributed by atoms with Crippen molar-refractivity contribution in [3.8, 4) is 10.4 Å². The number of nitrogens with zero attached hydrogens (tertiary/aromatic N) is 4. The van der Waals surface area contributed by atoms with Crippen LogP contribution in [0.5, 0.6) is 0 Å². The lowest BCUT2D eigenvalue weighted by Gasteiger charge is -2.45. The Kier molecular flexibility index (Phi) is 13.5. The molecule has 0 radical (unpaired) electrons. The van der Waals surface area contributed by atoms with Crippen LogP contribution >= 0.6 is 22.9 Å². The number of nitrogens with one attached hydrogen (secondary N) is 3. The van der Waals surface area contributed by atoms with E-state index in [-0.39, 0.29) is 80.8 Å². The minimum absolute atomic E-state index is 0.0211. The highest BCUT2D eigenvalue weighted by molar-refractivity contribution is 7.88. The highest BCUT2D eigenvalue weighted by Gasteiger charge is 2.42. The zero-order valence-electron chi connectivity index (χ0n) is 37.2. The number of hydrogen-bond acceptors (Lipinski definition) is 11. The Labute approximate surface area is 398 Å². The molecule has 360 valence electrons. The van der Waals surface area contributed by atoms with Gasteiger partial charge in [0.2, 0.25) is 21.8 Å². The van der Waals surface area contributed by atoms with Crippen LogP contribution in [-0.4, -0.2) is 98.2 Å². The number of carboxylic acid groups (broad SMARTS) is 2. The van der Waals surface area contributed by atoms with E-state index in [0.29, 0.717) is 66.6 Å². The molecule has 0 saturated carbocycles. The standard InChI is InChI=1S/C46H49ClFN7O11S2/c1-46(2)22-30(49-33-20-28(7-9-32(33)48)39-38(47)31(23-66-45(62)63)40(67-39)42(58)59)15-18-54(46)68(64,65)24-25-5-4-6-29(19-25)50-43(60)53-16-13-26(14-17-53)27-8-10-34-36(21-27)52(3)44(61)55(34)35-11-12-37(56)51-41(35)57/h4-10,19-21,26,30,35,49H,11-18,22-24H2,1-3H3,(H,50,60)(H,58,59)(H,62,63)(H,51,56,57)/t30-,35?/m0/s1. The topological polar surface area (TPSA) is 239 Å². The van der Waals surface area contributed by atoms with Crippen molar-refractivity contribution in [2.75, 3.05) is 30.3 Å². The molecule has 3 fully saturated rings. The summed E-state index contributed by atoms with van der Waals surface area (Å²) >= 11 is 7.32. The number of rotatable bonds is 12. The number of benzene rings is 3. The first-order valence-corrected chi connectivity index (χ1v) is 24.7. The minimum atomic E-state index is -3.89. The molecular weight excluding hydrogens is 945 g/mol. The first-order chi connectivity index (χ1) is 32.2. The summed E-state index contributed by atoms with van der Waals surface area (Å²) in [5.74, 6) is -2.99. The summed E-state index contributed by atoms with van der Waals surface area (Å²) < 4.78 is 52.3. The van der Waals surface area contributed by atoms with Crippen LogP contribution in [0, 0.1) is 5.82 Å². The molecule has 22 heteroatoms. The average Bonchev–Trinajstić information content (AvgIpc) is 3.74. The third-order valence-electron chi connectivity index (χ3n) is 12.9. The second-order valence-corrected chi connectivity index (χ2v) is 21.2. The van der Waals surface area contributed by atoms with Crippen molar-refractivity contribution < 1.29 is 51.7 Å². The van der Waals surface area contributed by atoms with Gasteiger partial charge in [0.15, 0.2) is 0 Å². The summed E-state index contributed by atoms with van der Waals surface area (Å²) in [6, 6.07) is 15.1. The van der Waals surface area contributed by atoms with E-state index in [0.717, 1.165) is 16.9 Å². The van der Waals surface area contributed by atoms with Crippen LogP contribution < -0.4 is 21.6 Å². The van der Waals surface area contributed by atoms with Gasteiger partial charge in [0.05, 0.1) is 32.4 Å². The van der Waals surface area contributed by atoms with E-state index < -0.39 is 52.1 Å². The van der Waals surface area contributed by atoms with Crippen LogP contribution in [0.1, 0.15) is 90.7 Å². The number of anilines is 2. The van der Waals surface area contributed by atoms with E-state index in [4.69, 9.17) is 16.7 Å². The lowest BCUT2D eigenvalue weighted by molar-refractivity contribution is -0.135. The summed E-state index contributed by atoms with van der Waals surface area (Å²) in [4.78, 5) is 75.8. The number of aromatic carboxylic acids is 1. The predicted octanol–water partition coefficient (Wildman–Crippen LogP) is 7.33. The third-order valence-corrected chi connectivity index (χ3v) is 16.8. The summed E-state index contributed by atoms with van der Waals surface area (Å²) in [6.45, 7) is 4.06. The molecule has 5 N–H and O–H groups in total. The maximum absolute atomic E-state index is 15.3. The molecule has 4 amide bonds. The Hall–Kier alpha value is -6.29. The fourth-order valence-electron chi connectivity index (χ4n) is 9.59. The van der Waals surface area contributed by atoms with E-state index in [2.05, 4.69) is 20.7 Å². The number of imidazole rings is 1. The van der Waals surface area contributed by atoms with Gasteiger partial charge in [0, 0.05) is 55.9 Å². The fourth-order valence-corrected chi connectivity index (χ4v) is 13.0. The summed E-state index contributed by atoms with van der Waals surface area (Å²) in [5, 5.41) is 27.1. The second-order valence-electron chi connectivity index (χ2n) is 17.9. The van der Waals surface area contributed by atoms with Gasteiger partial charge in [-0.1, -0.05) is 35.9 Å². The van der Waals surface area contributed by atoms with Gasteiger partial charge in [-0.25, -0.2) is 32.0 Å². The van der Waals surface area contributed by atoms with E-state index in [1.807, 2.05) is 18.2 Å². The predicted molar refractivity (Wildman–Crippen MR) is 252 cm³/mol. The number of carbonyl (C=O) groups is 5. The van der Waals surface area contributed by atoms with E-state index in [1.165, 1.54) is 31.6 Å². The van der Waals surface area contributed by atoms with E-state index >= 15 is 4.39 Å². The molecule has 0 spiro atoms. The van der Waals surface area contributed by atoms with Crippen molar-refractivity contribution in [1.29, 1.82) is 0 Å². The van der Waals surface area contributed by atoms with Gasteiger partial charge in [0.1, 0.15) is 23.3 Å². The quantitative estimate of drug-likeness (QED) is 0.0610. The number of sulfonamides is 1.